The second-order valence-corrected chi connectivity index (χ2v) is 10.7. The van der Waals surface area contributed by atoms with Crippen molar-refractivity contribution in [1.29, 1.82) is 5.26 Å². The fourth-order valence-corrected chi connectivity index (χ4v) is 7.14. The van der Waals surface area contributed by atoms with Crippen molar-refractivity contribution >= 4 is 18.4 Å². The minimum atomic E-state index is -1.85. The number of nitrogens with zero attached hydrogens (tertiary/aromatic N) is 2. The standard InChI is InChI=1S/C20H16N2Si/c1-23(2)19-12-14(13-21)9-10-15(19)16-6-5-7-17(20(16)23)18-8-3-4-11-22-18/h3-12H,1-2H3. The van der Waals surface area contributed by atoms with E-state index in [0.29, 0.717) is 0 Å². The molecule has 0 N–H and O–H groups in total. The monoisotopic (exact) mass is 312 g/mol. The summed E-state index contributed by atoms with van der Waals surface area (Å²) >= 11 is 0. The molecule has 0 radical (unpaired) electrons. The van der Waals surface area contributed by atoms with Gasteiger partial charge in [-0.15, -0.1) is 0 Å². The first kappa shape index (κ1) is 13.9. The molecular weight excluding hydrogens is 296 g/mol. The average Bonchev–Trinajstić information content (AvgIpc) is 2.83. The van der Waals surface area contributed by atoms with Gasteiger partial charge in [0.1, 0.15) is 8.07 Å². The van der Waals surface area contributed by atoms with E-state index in [4.69, 9.17) is 0 Å². The Kier molecular flexibility index (Phi) is 2.97. The van der Waals surface area contributed by atoms with Crippen molar-refractivity contribution in [2.45, 2.75) is 13.1 Å². The summed E-state index contributed by atoms with van der Waals surface area (Å²) < 4.78 is 0. The van der Waals surface area contributed by atoms with Crippen molar-refractivity contribution in [3.63, 3.8) is 0 Å². The van der Waals surface area contributed by atoms with E-state index in [9.17, 15) is 5.26 Å². The van der Waals surface area contributed by atoms with Crippen LogP contribution >= 0.6 is 0 Å². The molecule has 0 amide bonds. The predicted octanol–water partition coefficient (Wildman–Crippen LogP) is 3.42. The minimum Gasteiger partial charge on any atom is -0.256 e. The lowest BCUT2D eigenvalue weighted by Gasteiger charge is -2.22. The molecule has 23 heavy (non-hydrogen) atoms. The van der Waals surface area contributed by atoms with Gasteiger partial charge in [-0.2, -0.15) is 5.26 Å². The zero-order valence-electron chi connectivity index (χ0n) is 13.2. The molecule has 2 aromatic carbocycles. The SMILES string of the molecule is C[Si]1(C)c2cc(C#N)ccc2-c2cccc(-c3ccccn3)c21. The van der Waals surface area contributed by atoms with E-state index in [2.05, 4.69) is 60.5 Å². The first-order valence-corrected chi connectivity index (χ1v) is 10.7. The Balaban J connectivity index is 2.03. The molecule has 0 unspecified atom stereocenters. The van der Waals surface area contributed by atoms with Crippen LogP contribution in [0, 0.1) is 11.3 Å². The second kappa shape index (κ2) is 4.90. The number of rotatable bonds is 1. The molecule has 1 aliphatic rings. The molecule has 3 aromatic rings. The van der Waals surface area contributed by atoms with Crippen molar-refractivity contribution in [1.82, 2.24) is 4.98 Å². The first-order chi connectivity index (χ1) is 11.1. The van der Waals surface area contributed by atoms with Gasteiger partial charge in [-0.1, -0.05) is 43.4 Å². The third-order valence-electron chi connectivity index (χ3n) is 4.74. The van der Waals surface area contributed by atoms with Gasteiger partial charge in [0.2, 0.25) is 0 Å². The van der Waals surface area contributed by atoms with E-state index in [1.54, 1.807) is 0 Å². The molecule has 0 fully saturated rings. The molecule has 0 atom stereocenters. The molecule has 0 aliphatic carbocycles. The van der Waals surface area contributed by atoms with Gasteiger partial charge in [0.25, 0.3) is 0 Å². The molecule has 110 valence electrons. The molecule has 1 aromatic heterocycles. The van der Waals surface area contributed by atoms with Gasteiger partial charge < -0.3 is 0 Å². The van der Waals surface area contributed by atoms with E-state index in [1.807, 2.05) is 24.4 Å². The lowest BCUT2D eigenvalue weighted by atomic mass is 10.0. The van der Waals surface area contributed by atoms with Gasteiger partial charge in [-0.25, -0.2) is 0 Å². The molecule has 3 heteroatoms. The Bertz CT molecular complexity index is 953. The molecule has 0 saturated heterocycles. The van der Waals surface area contributed by atoms with Gasteiger partial charge >= 0.3 is 0 Å². The molecule has 0 bridgehead atoms. The van der Waals surface area contributed by atoms with Crippen LogP contribution in [0.25, 0.3) is 22.4 Å². The zero-order valence-corrected chi connectivity index (χ0v) is 14.2. The van der Waals surface area contributed by atoms with Crippen molar-refractivity contribution in [3.8, 4) is 28.5 Å². The summed E-state index contributed by atoms with van der Waals surface area (Å²) in [6, 6.07) is 20.9. The van der Waals surface area contributed by atoms with Crippen LogP contribution in [-0.4, -0.2) is 13.1 Å². The summed E-state index contributed by atoms with van der Waals surface area (Å²) in [6.45, 7) is 4.73. The van der Waals surface area contributed by atoms with Crippen LogP contribution in [0.4, 0.5) is 0 Å². The van der Waals surface area contributed by atoms with Crippen LogP contribution in [0.1, 0.15) is 5.56 Å². The van der Waals surface area contributed by atoms with Gasteiger partial charge in [-0.05, 0) is 45.8 Å². The lowest BCUT2D eigenvalue weighted by molar-refractivity contribution is 1.33. The molecule has 1 aliphatic heterocycles. The van der Waals surface area contributed by atoms with Crippen LogP contribution in [-0.2, 0) is 0 Å². The number of benzene rings is 2. The summed E-state index contributed by atoms with van der Waals surface area (Å²) in [4.78, 5) is 4.56. The Morgan fingerprint density at radius 2 is 1.74 bits per heavy atom. The third kappa shape index (κ3) is 1.96. The Morgan fingerprint density at radius 1 is 0.913 bits per heavy atom. The fraction of sp³-hybridized carbons (Fsp3) is 0.100. The van der Waals surface area contributed by atoms with Gasteiger partial charge in [0.15, 0.2) is 0 Å². The number of nitriles is 1. The zero-order chi connectivity index (χ0) is 16.0. The van der Waals surface area contributed by atoms with E-state index >= 15 is 0 Å². The molecule has 4 rings (SSSR count). The average molecular weight is 312 g/mol. The van der Waals surface area contributed by atoms with Gasteiger partial charge in [0.05, 0.1) is 17.3 Å². The van der Waals surface area contributed by atoms with Crippen LogP contribution in [0.5, 0.6) is 0 Å². The number of aromatic nitrogens is 1. The van der Waals surface area contributed by atoms with Gasteiger partial charge in [0, 0.05) is 11.8 Å². The second-order valence-electron chi connectivity index (χ2n) is 6.44. The quantitative estimate of drug-likeness (QED) is 0.646. The highest BCUT2D eigenvalue weighted by Crippen LogP contribution is 2.32. The fourth-order valence-electron chi connectivity index (χ4n) is 3.69. The normalized spacial score (nSPS) is 14.0. The molecule has 0 saturated carbocycles. The molecule has 0 spiro atoms. The molecule has 2 nitrogen and oxygen atoms in total. The maximum absolute atomic E-state index is 9.24. The van der Waals surface area contributed by atoms with Crippen molar-refractivity contribution in [3.05, 3.63) is 66.4 Å². The molecular formula is C20H16N2Si. The van der Waals surface area contributed by atoms with Crippen molar-refractivity contribution in [2.75, 3.05) is 0 Å². The maximum atomic E-state index is 9.24. The Hall–Kier alpha value is -2.70. The van der Waals surface area contributed by atoms with E-state index in [-0.39, 0.29) is 0 Å². The summed E-state index contributed by atoms with van der Waals surface area (Å²) in [7, 11) is -1.85. The minimum absolute atomic E-state index is 0.747. The highest BCUT2D eigenvalue weighted by Gasteiger charge is 2.39. The largest absolute Gasteiger partial charge is 0.256 e. The maximum Gasteiger partial charge on any atom is 0.114 e. The van der Waals surface area contributed by atoms with Gasteiger partial charge in [-0.3, -0.25) is 4.98 Å². The summed E-state index contributed by atoms with van der Waals surface area (Å²) in [6.07, 6.45) is 1.85. The number of hydrogen-bond donors (Lipinski definition) is 0. The molecule has 2 heterocycles. The number of fused-ring (bicyclic) bond motifs is 3. The van der Waals surface area contributed by atoms with Crippen LogP contribution < -0.4 is 10.4 Å². The lowest BCUT2D eigenvalue weighted by Crippen LogP contribution is -2.50. The predicted molar refractivity (Wildman–Crippen MR) is 96.6 cm³/mol. The van der Waals surface area contributed by atoms with E-state index < -0.39 is 8.07 Å². The third-order valence-corrected chi connectivity index (χ3v) is 8.29. The number of hydrogen-bond acceptors (Lipinski definition) is 2. The van der Waals surface area contributed by atoms with Crippen molar-refractivity contribution < 1.29 is 0 Å². The summed E-state index contributed by atoms with van der Waals surface area (Å²) in [5.41, 5.74) is 5.60. The highest BCUT2D eigenvalue weighted by molar-refractivity contribution is 7.04. The van der Waals surface area contributed by atoms with E-state index in [1.165, 1.54) is 27.1 Å². The Morgan fingerprint density at radius 3 is 2.48 bits per heavy atom. The smallest absolute Gasteiger partial charge is 0.114 e. The first-order valence-electron chi connectivity index (χ1n) is 7.73. The summed E-state index contributed by atoms with van der Waals surface area (Å²) in [5.74, 6) is 0. The van der Waals surface area contributed by atoms with Crippen molar-refractivity contribution in [2.24, 2.45) is 0 Å². The van der Waals surface area contributed by atoms with E-state index in [0.717, 1.165) is 11.3 Å². The Labute approximate surface area is 137 Å². The van der Waals surface area contributed by atoms with Crippen LogP contribution in [0.15, 0.2) is 60.8 Å². The topological polar surface area (TPSA) is 36.7 Å². The highest BCUT2D eigenvalue weighted by atomic mass is 28.3. The summed E-state index contributed by atoms with van der Waals surface area (Å²) in [5, 5.41) is 12.0. The van der Waals surface area contributed by atoms with Crippen LogP contribution in [0.2, 0.25) is 13.1 Å². The number of pyridine rings is 1. The van der Waals surface area contributed by atoms with Crippen LogP contribution in [0.3, 0.4) is 0 Å².